The molecular formula is C21H13FN2. The van der Waals surface area contributed by atoms with Crippen LogP contribution in [0.3, 0.4) is 0 Å². The standard InChI is InChI=1S/C21H13FN2/c22-16-10-11-17-15(12-16)13-20(14-6-2-1-3-7-14)24-21(17)18-8-4-5-9-19(18)23-24/h1-13H. The van der Waals surface area contributed by atoms with Crippen LogP contribution >= 0.6 is 0 Å². The molecule has 0 atom stereocenters. The summed E-state index contributed by atoms with van der Waals surface area (Å²) in [6.07, 6.45) is 0. The minimum absolute atomic E-state index is 0.227. The van der Waals surface area contributed by atoms with Crippen molar-refractivity contribution < 1.29 is 4.39 Å². The highest BCUT2D eigenvalue weighted by molar-refractivity contribution is 6.10. The summed E-state index contributed by atoms with van der Waals surface area (Å²) in [5.74, 6) is -0.227. The quantitative estimate of drug-likeness (QED) is 0.402. The molecule has 0 bridgehead atoms. The van der Waals surface area contributed by atoms with Crippen LogP contribution < -0.4 is 0 Å². The second-order valence-electron chi connectivity index (χ2n) is 5.90. The maximum Gasteiger partial charge on any atom is 0.123 e. The number of pyridine rings is 1. The van der Waals surface area contributed by atoms with Gasteiger partial charge >= 0.3 is 0 Å². The van der Waals surface area contributed by atoms with Crippen molar-refractivity contribution in [1.29, 1.82) is 0 Å². The fourth-order valence-electron chi connectivity index (χ4n) is 3.36. The van der Waals surface area contributed by atoms with Gasteiger partial charge in [0.15, 0.2) is 0 Å². The van der Waals surface area contributed by atoms with Crippen LogP contribution in [0.1, 0.15) is 0 Å². The molecule has 0 aliphatic carbocycles. The lowest BCUT2D eigenvalue weighted by Crippen LogP contribution is -1.95. The van der Waals surface area contributed by atoms with Crippen molar-refractivity contribution in [3.8, 4) is 11.3 Å². The first kappa shape index (κ1) is 13.3. The first-order valence-electron chi connectivity index (χ1n) is 7.86. The highest BCUT2D eigenvalue weighted by atomic mass is 19.1. The molecular weight excluding hydrogens is 299 g/mol. The predicted molar refractivity (Wildman–Crippen MR) is 95.6 cm³/mol. The van der Waals surface area contributed by atoms with Crippen molar-refractivity contribution >= 4 is 27.2 Å². The van der Waals surface area contributed by atoms with Gasteiger partial charge in [0.2, 0.25) is 0 Å². The summed E-state index contributed by atoms with van der Waals surface area (Å²) in [7, 11) is 0. The maximum atomic E-state index is 13.8. The monoisotopic (exact) mass is 312 g/mol. The fraction of sp³-hybridized carbons (Fsp3) is 0. The van der Waals surface area contributed by atoms with E-state index in [4.69, 9.17) is 5.10 Å². The van der Waals surface area contributed by atoms with Crippen molar-refractivity contribution in [2.24, 2.45) is 0 Å². The number of nitrogens with zero attached hydrogens (tertiary/aromatic N) is 2. The Kier molecular flexibility index (Phi) is 2.71. The van der Waals surface area contributed by atoms with Gasteiger partial charge in [0, 0.05) is 16.3 Å². The minimum atomic E-state index is -0.227. The van der Waals surface area contributed by atoms with Gasteiger partial charge in [-0.05, 0) is 35.7 Å². The Morgan fingerprint density at radius 1 is 0.750 bits per heavy atom. The molecule has 2 aromatic heterocycles. The molecule has 2 heterocycles. The number of benzene rings is 3. The second-order valence-corrected chi connectivity index (χ2v) is 5.90. The Labute approximate surface area is 137 Å². The molecule has 0 amide bonds. The topological polar surface area (TPSA) is 17.3 Å². The molecule has 3 aromatic carbocycles. The summed E-state index contributed by atoms with van der Waals surface area (Å²) in [6, 6.07) is 25.1. The number of hydrogen-bond donors (Lipinski definition) is 0. The summed E-state index contributed by atoms with van der Waals surface area (Å²) in [5.41, 5.74) is 3.97. The van der Waals surface area contributed by atoms with Crippen LogP contribution in [0.4, 0.5) is 4.39 Å². The molecule has 5 aromatic rings. The van der Waals surface area contributed by atoms with Crippen molar-refractivity contribution in [2.75, 3.05) is 0 Å². The van der Waals surface area contributed by atoms with Gasteiger partial charge < -0.3 is 0 Å². The second kappa shape index (κ2) is 4.90. The van der Waals surface area contributed by atoms with Crippen LogP contribution in [0, 0.1) is 5.82 Å². The zero-order valence-electron chi connectivity index (χ0n) is 12.8. The first-order chi connectivity index (χ1) is 11.8. The molecule has 0 aliphatic rings. The van der Waals surface area contributed by atoms with Gasteiger partial charge in [-0.2, -0.15) is 5.10 Å². The van der Waals surface area contributed by atoms with E-state index in [9.17, 15) is 4.39 Å². The Morgan fingerprint density at radius 2 is 1.54 bits per heavy atom. The molecule has 5 rings (SSSR count). The van der Waals surface area contributed by atoms with Crippen LogP contribution in [0.2, 0.25) is 0 Å². The van der Waals surface area contributed by atoms with E-state index in [2.05, 4.69) is 6.07 Å². The third-order valence-electron chi connectivity index (χ3n) is 4.44. The molecule has 0 aliphatic heterocycles. The summed E-state index contributed by atoms with van der Waals surface area (Å²) >= 11 is 0. The van der Waals surface area contributed by atoms with Crippen molar-refractivity contribution in [1.82, 2.24) is 9.61 Å². The SMILES string of the molecule is Fc1ccc2c(c1)cc(-c1ccccc1)n1nc3ccccc3c21. The van der Waals surface area contributed by atoms with E-state index >= 15 is 0 Å². The molecule has 0 N–H and O–H groups in total. The van der Waals surface area contributed by atoms with Crippen LogP contribution in [0.5, 0.6) is 0 Å². The van der Waals surface area contributed by atoms with E-state index in [1.807, 2.05) is 65.2 Å². The van der Waals surface area contributed by atoms with E-state index in [0.717, 1.165) is 38.4 Å². The zero-order chi connectivity index (χ0) is 16.1. The molecule has 0 saturated heterocycles. The van der Waals surface area contributed by atoms with E-state index in [1.54, 1.807) is 6.07 Å². The predicted octanol–water partition coefficient (Wildman–Crippen LogP) is 5.45. The van der Waals surface area contributed by atoms with Crippen molar-refractivity contribution in [3.05, 3.63) is 84.7 Å². The van der Waals surface area contributed by atoms with Gasteiger partial charge in [0.1, 0.15) is 5.82 Å². The summed E-state index contributed by atoms with van der Waals surface area (Å²) in [5, 5.41) is 7.75. The molecule has 2 nitrogen and oxygen atoms in total. The van der Waals surface area contributed by atoms with Gasteiger partial charge in [-0.3, -0.25) is 0 Å². The Bertz CT molecular complexity index is 1210. The van der Waals surface area contributed by atoms with E-state index in [-0.39, 0.29) is 5.82 Å². The number of fused-ring (bicyclic) bond motifs is 5. The zero-order valence-corrected chi connectivity index (χ0v) is 12.8. The molecule has 0 saturated carbocycles. The fourth-order valence-corrected chi connectivity index (χ4v) is 3.36. The largest absolute Gasteiger partial charge is 0.231 e. The lowest BCUT2D eigenvalue weighted by Gasteiger charge is -2.09. The molecule has 24 heavy (non-hydrogen) atoms. The Balaban J connectivity index is 2.05. The summed E-state index contributed by atoms with van der Waals surface area (Å²) in [4.78, 5) is 0. The Morgan fingerprint density at radius 3 is 2.42 bits per heavy atom. The highest BCUT2D eigenvalue weighted by Gasteiger charge is 2.14. The maximum absolute atomic E-state index is 13.8. The molecule has 0 unspecified atom stereocenters. The minimum Gasteiger partial charge on any atom is -0.231 e. The summed E-state index contributed by atoms with van der Waals surface area (Å²) in [6.45, 7) is 0. The van der Waals surface area contributed by atoms with E-state index in [1.165, 1.54) is 6.07 Å². The van der Waals surface area contributed by atoms with Crippen LogP contribution in [0.25, 0.3) is 38.4 Å². The van der Waals surface area contributed by atoms with Crippen LogP contribution in [-0.2, 0) is 0 Å². The lowest BCUT2D eigenvalue weighted by atomic mass is 10.0. The number of halogens is 1. The number of rotatable bonds is 1. The molecule has 114 valence electrons. The highest BCUT2D eigenvalue weighted by Crippen LogP contribution is 2.33. The van der Waals surface area contributed by atoms with Gasteiger partial charge in [-0.1, -0.05) is 48.5 Å². The smallest absolute Gasteiger partial charge is 0.123 e. The normalized spacial score (nSPS) is 11.5. The van der Waals surface area contributed by atoms with Gasteiger partial charge in [0.25, 0.3) is 0 Å². The van der Waals surface area contributed by atoms with Gasteiger partial charge in [0.05, 0.1) is 16.7 Å². The number of aromatic nitrogens is 2. The first-order valence-corrected chi connectivity index (χ1v) is 7.86. The van der Waals surface area contributed by atoms with Gasteiger partial charge in [-0.15, -0.1) is 0 Å². The summed E-state index contributed by atoms with van der Waals surface area (Å²) < 4.78 is 15.8. The van der Waals surface area contributed by atoms with E-state index < -0.39 is 0 Å². The Hall–Kier alpha value is -3.20. The third kappa shape index (κ3) is 1.85. The number of hydrogen-bond acceptors (Lipinski definition) is 1. The molecule has 3 heteroatoms. The lowest BCUT2D eigenvalue weighted by molar-refractivity contribution is 0.630. The molecule has 0 radical (unpaired) electrons. The third-order valence-corrected chi connectivity index (χ3v) is 4.44. The molecule has 0 fully saturated rings. The van der Waals surface area contributed by atoms with Crippen molar-refractivity contribution in [3.63, 3.8) is 0 Å². The molecule has 0 spiro atoms. The van der Waals surface area contributed by atoms with Crippen LogP contribution in [0.15, 0.2) is 78.9 Å². The van der Waals surface area contributed by atoms with E-state index in [0.29, 0.717) is 0 Å². The van der Waals surface area contributed by atoms with Gasteiger partial charge in [-0.25, -0.2) is 8.91 Å². The average Bonchev–Trinajstić information content (AvgIpc) is 3.01. The average molecular weight is 312 g/mol. The van der Waals surface area contributed by atoms with Crippen LogP contribution in [-0.4, -0.2) is 9.61 Å². The van der Waals surface area contributed by atoms with Crippen molar-refractivity contribution in [2.45, 2.75) is 0 Å².